The van der Waals surface area contributed by atoms with Gasteiger partial charge in [0.2, 0.25) is 0 Å². The summed E-state index contributed by atoms with van der Waals surface area (Å²) in [7, 11) is 0. The van der Waals surface area contributed by atoms with Crippen LogP contribution in [0.1, 0.15) is 11.1 Å². The SMILES string of the molecule is Cc1ccccc1C1=NNNN1. The van der Waals surface area contributed by atoms with Gasteiger partial charge in [-0.05, 0) is 12.5 Å². The van der Waals surface area contributed by atoms with Crippen molar-refractivity contribution in [1.82, 2.24) is 16.5 Å². The molecule has 1 aromatic rings. The predicted molar refractivity (Wildman–Crippen MR) is 47.1 cm³/mol. The van der Waals surface area contributed by atoms with Gasteiger partial charge < -0.3 is 0 Å². The highest BCUT2D eigenvalue weighted by Crippen LogP contribution is 2.07. The Hall–Kier alpha value is -1.55. The minimum Gasteiger partial charge on any atom is -0.285 e. The highest BCUT2D eigenvalue weighted by atomic mass is 15.8. The smallest absolute Gasteiger partial charge is 0.170 e. The largest absolute Gasteiger partial charge is 0.285 e. The molecule has 1 aromatic carbocycles. The second kappa shape index (κ2) is 2.83. The quantitative estimate of drug-likeness (QED) is 0.555. The Labute approximate surface area is 70.6 Å². The number of aryl methyl sites for hydroxylation is 1. The third-order valence-corrected chi connectivity index (χ3v) is 1.80. The lowest BCUT2D eigenvalue weighted by molar-refractivity contribution is 0.577. The van der Waals surface area contributed by atoms with Gasteiger partial charge in [-0.15, -0.1) is 10.6 Å². The van der Waals surface area contributed by atoms with E-state index in [0.717, 1.165) is 11.4 Å². The molecule has 0 amide bonds. The van der Waals surface area contributed by atoms with Crippen LogP contribution >= 0.6 is 0 Å². The van der Waals surface area contributed by atoms with Crippen LogP contribution in [-0.4, -0.2) is 5.84 Å². The van der Waals surface area contributed by atoms with Gasteiger partial charge in [-0.25, -0.2) is 5.53 Å². The predicted octanol–water partition coefficient (Wildman–Crippen LogP) is 0.269. The summed E-state index contributed by atoms with van der Waals surface area (Å²) in [5.74, 6) is 0.827. The molecular weight excluding hydrogens is 152 g/mol. The fourth-order valence-electron chi connectivity index (χ4n) is 1.17. The Morgan fingerprint density at radius 1 is 1.25 bits per heavy atom. The molecule has 4 heteroatoms. The van der Waals surface area contributed by atoms with Crippen LogP contribution < -0.4 is 16.5 Å². The average Bonchev–Trinajstić information content (AvgIpc) is 2.57. The molecule has 0 atom stereocenters. The van der Waals surface area contributed by atoms with E-state index in [1.807, 2.05) is 18.2 Å². The zero-order valence-electron chi connectivity index (χ0n) is 6.76. The number of amidine groups is 1. The number of hydrogen-bond acceptors (Lipinski definition) is 4. The molecule has 0 radical (unpaired) electrons. The Morgan fingerprint density at radius 3 is 2.75 bits per heavy atom. The van der Waals surface area contributed by atoms with E-state index in [1.165, 1.54) is 5.56 Å². The van der Waals surface area contributed by atoms with Crippen molar-refractivity contribution in [1.29, 1.82) is 0 Å². The van der Waals surface area contributed by atoms with Crippen molar-refractivity contribution in [2.45, 2.75) is 6.92 Å². The van der Waals surface area contributed by atoms with Gasteiger partial charge in [0.05, 0.1) is 0 Å². The summed E-state index contributed by atoms with van der Waals surface area (Å²) in [6, 6.07) is 8.08. The third kappa shape index (κ3) is 1.12. The Kier molecular flexibility index (Phi) is 1.68. The van der Waals surface area contributed by atoms with Crippen molar-refractivity contribution < 1.29 is 0 Å². The first-order valence-electron chi connectivity index (χ1n) is 3.77. The van der Waals surface area contributed by atoms with Gasteiger partial charge in [-0.1, -0.05) is 24.3 Å². The van der Waals surface area contributed by atoms with Gasteiger partial charge in [0.1, 0.15) is 0 Å². The molecule has 12 heavy (non-hydrogen) atoms. The van der Waals surface area contributed by atoms with Crippen LogP contribution in [0.5, 0.6) is 0 Å². The fourth-order valence-corrected chi connectivity index (χ4v) is 1.17. The van der Waals surface area contributed by atoms with Crippen LogP contribution in [0.15, 0.2) is 29.4 Å². The number of rotatable bonds is 1. The average molecular weight is 162 g/mol. The number of hydrazone groups is 1. The molecule has 0 aromatic heterocycles. The zero-order valence-corrected chi connectivity index (χ0v) is 6.76. The Balaban J connectivity index is 2.39. The van der Waals surface area contributed by atoms with Crippen molar-refractivity contribution in [3.63, 3.8) is 0 Å². The molecule has 0 spiro atoms. The van der Waals surface area contributed by atoms with Gasteiger partial charge in [0.15, 0.2) is 5.84 Å². The first-order valence-corrected chi connectivity index (χ1v) is 3.77. The second-order valence-corrected chi connectivity index (χ2v) is 2.64. The van der Waals surface area contributed by atoms with Gasteiger partial charge in [-0.3, -0.25) is 5.43 Å². The summed E-state index contributed by atoms with van der Waals surface area (Å²) < 4.78 is 0. The lowest BCUT2D eigenvalue weighted by atomic mass is 10.1. The lowest BCUT2D eigenvalue weighted by Crippen LogP contribution is -2.35. The summed E-state index contributed by atoms with van der Waals surface area (Å²) in [6.45, 7) is 2.05. The van der Waals surface area contributed by atoms with E-state index >= 15 is 0 Å². The zero-order chi connectivity index (χ0) is 8.39. The molecule has 1 aliphatic rings. The molecule has 0 unspecified atom stereocenters. The second-order valence-electron chi connectivity index (χ2n) is 2.64. The van der Waals surface area contributed by atoms with Crippen molar-refractivity contribution >= 4 is 5.84 Å². The molecule has 62 valence electrons. The van der Waals surface area contributed by atoms with E-state index in [-0.39, 0.29) is 0 Å². The van der Waals surface area contributed by atoms with Crippen LogP contribution in [0.25, 0.3) is 0 Å². The molecule has 4 nitrogen and oxygen atoms in total. The highest BCUT2D eigenvalue weighted by molar-refractivity contribution is 6.00. The number of benzene rings is 1. The minimum atomic E-state index is 0.827. The fraction of sp³-hybridized carbons (Fsp3) is 0.125. The number of nitrogens with one attached hydrogen (secondary N) is 3. The minimum absolute atomic E-state index is 0.827. The van der Waals surface area contributed by atoms with Crippen molar-refractivity contribution in [2.24, 2.45) is 5.10 Å². The van der Waals surface area contributed by atoms with E-state index < -0.39 is 0 Å². The number of nitrogens with zero attached hydrogens (tertiary/aromatic N) is 1. The summed E-state index contributed by atoms with van der Waals surface area (Å²) in [4.78, 5) is 0. The topological polar surface area (TPSA) is 48.5 Å². The van der Waals surface area contributed by atoms with Gasteiger partial charge in [0.25, 0.3) is 0 Å². The van der Waals surface area contributed by atoms with Gasteiger partial charge in [0, 0.05) is 5.56 Å². The van der Waals surface area contributed by atoms with Crippen LogP contribution in [-0.2, 0) is 0 Å². The van der Waals surface area contributed by atoms with Gasteiger partial charge in [-0.2, -0.15) is 0 Å². The normalized spacial score (nSPS) is 14.9. The summed E-state index contributed by atoms with van der Waals surface area (Å²) in [5.41, 5.74) is 10.5. The summed E-state index contributed by atoms with van der Waals surface area (Å²) >= 11 is 0. The van der Waals surface area contributed by atoms with E-state index in [9.17, 15) is 0 Å². The van der Waals surface area contributed by atoms with Crippen LogP contribution in [0.3, 0.4) is 0 Å². The standard InChI is InChI=1S/C8H10N4/c1-6-4-2-3-5-7(6)8-9-11-12-10-8/h2-5,11-12H,1H3,(H,9,10). The molecule has 1 aliphatic heterocycles. The molecular formula is C8H10N4. The molecule has 3 N–H and O–H groups in total. The molecule has 2 rings (SSSR count). The van der Waals surface area contributed by atoms with Crippen molar-refractivity contribution in [3.05, 3.63) is 35.4 Å². The summed E-state index contributed by atoms with van der Waals surface area (Å²) in [6.07, 6.45) is 0. The Morgan fingerprint density at radius 2 is 2.08 bits per heavy atom. The highest BCUT2D eigenvalue weighted by Gasteiger charge is 2.08. The van der Waals surface area contributed by atoms with E-state index in [1.54, 1.807) is 0 Å². The molecule has 0 saturated heterocycles. The van der Waals surface area contributed by atoms with E-state index in [0.29, 0.717) is 0 Å². The lowest BCUT2D eigenvalue weighted by Gasteiger charge is -2.03. The maximum absolute atomic E-state index is 4.01. The molecule has 0 saturated carbocycles. The first kappa shape index (κ1) is 7.12. The third-order valence-electron chi connectivity index (χ3n) is 1.80. The van der Waals surface area contributed by atoms with E-state index in [4.69, 9.17) is 0 Å². The number of hydrogen-bond donors (Lipinski definition) is 3. The van der Waals surface area contributed by atoms with Crippen LogP contribution in [0.4, 0.5) is 0 Å². The Bertz CT molecular complexity index is 319. The maximum atomic E-state index is 4.01. The van der Waals surface area contributed by atoms with Crippen LogP contribution in [0.2, 0.25) is 0 Å². The van der Waals surface area contributed by atoms with Crippen molar-refractivity contribution in [3.8, 4) is 0 Å². The van der Waals surface area contributed by atoms with Gasteiger partial charge >= 0.3 is 0 Å². The van der Waals surface area contributed by atoms with Crippen LogP contribution in [0, 0.1) is 6.92 Å². The van der Waals surface area contributed by atoms with Crippen molar-refractivity contribution in [2.75, 3.05) is 0 Å². The molecule has 0 bridgehead atoms. The maximum Gasteiger partial charge on any atom is 0.170 e. The summed E-state index contributed by atoms with van der Waals surface area (Å²) in [5, 5.41) is 4.01. The monoisotopic (exact) mass is 162 g/mol. The molecule has 1 heterocycles. The first-order chi connectivity index (χ1) is 5.88. The molecule has 0 aliphatic carbocycles. The van der Waals surface area contributed by atoms with E-state index in [2.05, 4.69) is 34.6 Å². The molecule has 0 fully saturated rings. The number of hydrazine groups is 2.